The largest absolute Gasteiger partial charge is 0.393 e. The second-order valence-electron chi connectivity index (χ2n) is 6.41. The van der Waals surface area contributed by atoms with E-state index in [0.29, 0.717) is 19.1 Å². The van der Waals surface area contributed by atoms with Crippen LogP contribution in [0.5, 0.6) is 0 Å². The Bertz CT molecular complexity index is 220. The summed E-state index contributed by atoms with van der Waals surface area (Å²) in [7, 11) is 0. The molecule has 0 spiro atoms. The van der Waals surface area contributed by atoms with Gasteiger partial charge in [-0.15, -0.1) is 0 Å². The van der Waals surface area contributed by atoms with Gasteiger partial charge in [-0.3, -0.25) is 0 Å². The molecule has 3 N–H and O–H groups in total. The molecule has 1 fully saturated rings. The molecule has 4 heteroatoms. The van der Waals surface area contributed by atoms with Crippen molar-refractivity contribution in [3.63, 3.8) is 0 Å². The fraction of sp³-hybridized carbons (Fsp3) is 1.00. The van der Waals surface area contributed by atoms with Crippen molar-refractivity contribution in [3.05, 3.63) is 0 Å². The zero-order valence-corrected chi connectivity index (χ0v) is 12.0. The van der Waals surface area contributed by atoms with Gasteiger partial charge in [-0.05, 0) is 58.9 Å². The third-order valence-electron chi connectivity index (χ3n) is 3.34. The summed E-state index contributed by atoms with van der Waals surface area (Å²) >= 11 is 0. The highest BCUT2D eigenvalue weighted by Crippen LogP contribution is 2.23. The van der Waals surface area contributed by atoms with Gasteiger partial charge in [0.25, 0.3) is 0 Å². The van der Waals surface area contributed by atoms with Crippen molar-refractivity contribution in [2.45, 2.75) is 64.3 Å². The zero-order valence-electron chi connectivity index (χ0n) is 12.0. The molecule has 0 aliphatic heterocycles. The molecule has 18 heavy (non-hydrogen) atoms. The van der Waals surface area contributed by atoms with E-state index in [1.54, 1.807) is 0 Å². The van der Waals surface area contributed by atoms with Gasteiger partial charge >= 0.3 is 0 Å². The third kappa shape index (κ3) is 7.31. The first-order valence-corrected chi connectivity index (χ1v) is 7.07. The number of hydrogen-bond donors (Lipinski definition) is 3. The quantitative estimate of drug-likeness (QED) is 0.673. The maximum Gasteiger partial charge on any atom is 0.0897 e. The third-order valence-corrected chi connectivity index (χ3v) is 3.34. The van der Waals surface area contributed by atoms with Crippen LogP contribution in [0, 0.1) is 5.92 Å². The number of nitrogens with one attached hydrogen (secondary N) is 1. The minimum atomic E-state index is -0.446. The molecule has 1 aliphatic rings. The Hall–Kier alpha value is -0.160. The van der Waals surface area contributed by atoms with Crippen molar-refractivity contribution in [2.75, 3.05) is 19.7 Å². The summed E-state index contributed by atoms with van der Waals surface area (Å²) < 4.78 is 5.52. The average Bonchev–Trinajstić information content (AvgIpc) is 2.28. The Kier molecular flexibility index (Phi) is 6.57. The number of ether oxygens (including phenoxy) is 1. The normalized spacial score (nSPS) is 27.2. The Labute approximate surface area is 111 Å². The van der Waals surface area contributed by atoms with E-state index in [-0.39, 0.29) is 11.7 Å². The summed E-state index contributed by atoms with van der Waals surface area (Å²) in [6.45, 7) is 7.84. The predicted molar refractivity (Wildman–Crippen MR) is 72.5 cm³/mol. The molecule has 0 saturated heterocycles. The minimum Gasteiger partial charge on any atom is -0.393 e. The van der Waals surface area contributed by atoms with Crippen LogP contribution in [0.25, 0.3) is 0 Å². The van der Waals surface area contributed by atoms with Crippen molar-refractivity contribution in [1.29, 1.82) is 0 Å². The van der Waals surface area contributed by atoms with Crippen molar-refractivity contribution >= 4 is 0 Å². The molecule has 0 aromatic heterocycles. The average molecular weight is 259 g/mol. The van der Waals surface area contributed by atoms with E-state index in [1.807, 2.05) is 20.8 Å². The molecule has 0 radical (unpaired) electrons. The first-order chi connectivity index (χ1) is 8.37. The summed E-state index contributed by atoms with van der Waals surface area (Å²) in [6, 6.07) is 0. The number of hydrogen-bond acceptors (Lipinski definition) is 4. The van der Waals surface area contributed by atoms with Crippen LogP contribution < -0.4 is 5.32 Å². The number of aliphatic hydroxyl groups is 2. The van der Waals surface area contributed by atoms with E-state index in [0.717, 1.165) is 32.2 Å². The summed E-state index contributed by atoms with van der Waals surface area (Å²) in [5.41, 5.74) is -0.194. The lowest BCUT2D eigenvalue weighted by Gasteiger charge is -2.26. The first kappa shape index (κ1) is 15.9. The first-order valence-electron chi connectivity index (χ1n) is 7.07. The second-order valence-corrected chi connectivity index (χ2v) is 6.41. The lowest BCUT2D eigenvalue weighted by Crippen LogP contribution is -2.36. The zero-order chi connectivity index (χ0) is 13.6. The molecular formula is C14H29NO3. The standard InChI is InChI=1S/C14H29NO3/c1-14(2,3)18-10-13(17)9-15-8-11-4-6-12(16)7-5-11/h11-13,15-17H,4-10H2,1-3H3. The molecule has 108 valence electrons. The van der Waals surface area contributed by atoms with Gasteiger partial charge in [-0.25, -0.2) is 0 Å². The fourth-order valence-electron chi connectivity index (χ4n) is 2.21. The predicted octanol–water partition coefficient (Wildman–Crippen LogP) is 1.30. The monoisotopic (exact) mass is 259 g/mol. The molecule has 1 aliphatic carbocycles. The number of rotatable bonds is 6. The summed E-state index contributed by atoms with van der Waals surface area (Å²) in [4.78, 5) is 0. The van der Waals surface area contributed by atoms with Crippen LogP contribution in [0.3, 0.4) is 0 Å². The van der Waals surface area contributed by atoms with Crippen LogP contribution in [0.4, 0.5) is 0 Å². The minimum absolute atomic E-state index is 0.0907. The molecular weight excluding hydrogens is 230 g/mol. The van der Waals surface area contributed by atoms with E-state index >= 15 is 0 Å². The van der Waals surface area contributed by atoms with Crippen LogP contribution in [-0.2, 0) is 4.74 Å². The molecule has 1 saturated carbocycles. The van der Waals surface area contributed by atoms with Gasteiger partial charge in [0.1, 0.15) is 0 Å². The topological polar surface area (TPSA) is 61.7 Å². The van der Waals surface area contributed by atoms with Crippen LogP contribution >= 0.6 is 0 Å². The van der Waals surface area contributed by atoms with Gasteiger partial charge in [-0.1, -0.05) is 0 Å². The fourth-order valence-corrected chi connectivity index (χ4v) is 2.21. The van der Waals surface area contributed by atoms with Crippen molar-refractivity contribution in [3.8, 4) is 0 Å². The Morgan fingerprint density at radius 3 is 2.39 bits per heavy atom. The van der Waals surface area contributed by atoms with Gasteiger partial charge < -0.3 is 20.3 Å². The summed E-state index contributed by atoms with van der Waals surface area (Å²) in [5, 5.41) is 22.5. The van der Waals surface area contributed by atoms with Gasteiger partial charge in [-0.2, -0.15) is 0 Å². The highest BCUT2D eigenvalue weighted by Gasteiger charge is 2.19. The lowest BCUT2D eigenvalue weighted by atomic mass is 9.87. The highest BCUT2D eigenvalue weighted by atomic mass is 16.5. The van der Waals surface area contributed by atoms with Gasteiger partial charge in [0.15, 0.2) is 0 Å². The molecule has 0 heterocycles. The number of aliphatic hydroxyl groups excluding tert-OH is 2. The van der Waals surface area contributed by atoms with E-state index < -0.39 is 6.10 Å². The van der Waals surface area contributed by atoms with E-state index in [1.165, 1.54) is 0 Å². The SMILES string of the molecule is CC(C)(C)OCC(O)CNCC1CCC(O)CC1. The van der Waals surface area contributed by atoms with E-state index in [9.17, 15) is 10.2 Å². The van der Waals surface area contributed by atoms with E-state index in [2.05, 4.69) is 5.32 Å². The van der Waals surface area contributed by atoms with Gasteiger partial charge in [0.2, 0.25) is 0 Å². The molecule has 1 rings (SSSR count). The molecule has 0 aromatic carbocycles. The van der Waals surface area contributed by atoms with Crippen molar-refractivity contribution in [2.24, 2.45) is 5.92 Å². The van der Waals surface area contributed by atoms with Crippen molar-refractivity contribution in [1.82, 2.24) is 5.32 Å². The van der Waals surface area contributed by atoms with Crippen LogP contribution in [0.15, 0.2) is 0 Å². The van der Waals surface area contributed by atoms with Crippen molar-refractivity contribution < 1.29 is 14.9 Å². The molecule has 1 atom stereocenters. The maximum atomic E-state index is 9.76. The second kappa shape index (κ2) is 7.43. The van der Waals surface area contributed by atoms with Gasteiger partial charge in [0.05, 0.1) is 24.4 Å². The van der Waals surface area contributed by atoms with Crippen LogP contribution in [-0.4, -0.2) is 47.7 Å². The summed E-state index contributed by atoms with van der Waals surface area (Å²) in [5.74, 6) is 0.643. The van der Waals surface area contributed by atoms with Crippen LogP contribution in [0.1, 0.15) is 46.5 Å². The molecule has 4 nitrogen and oxygen atoms in total. The smallest absolute Gasteiger partial charge is 0.0897 e. The van der Waals surface area contributed by atoms with Crippen LogP contribution in [0.2, 0.25) is 0 Å². The molecule has 1 unspecified atom stereocenters. The highest BCUT2D eigenvalue weighted by molar-refractivity contribution is 4.74. The molecule has 0 aromatic rings. The Balaban J connectivity index is 2.03. The Morgan fingerprint density at radius 2 is 1.83 bits per heavy atom. The van der Waals surface area contributed by atoms with Gasteiger partial charge in [0, 0.05) is 6.54 Å². The van der Waals surface area contributed by atoms with E-state index in [4.69, 9.17) is 4.74 Å². The summed E-state index contributed by atoms with van der Waals surface area (Å²) in [6.07, 6.45) is 3.47. The maximum absolute atomic E-state index is 9.76. The lowest BCUT2D eigenvalue weighted by molar-refractivity contribution is -0.0480. The molecule has 0 amide bonds. The molecule has 0 bridgehead atoms. The Morgan fingerprint density at radius 1 is 1.22 bits per heavy atom.